The second kappa shape index (κ2) is 11.0. The molecule has 1 saturated heterocycles. The highest BCUT2D eigenvalue weighted by Gasteiger charge is 2.14. The number of halogens is 1. The Labute approximate surface area is 197 Å². The summed E-state index contributed by atoms with van der Waals surface area (Å²) in [6.45, 7) is 3.90. The molecule has 2 aromatic carbocycles. The molecular weight excluding hydrogens is 444 g/mol. The molecule has 0 radical (unpaired) electrons. The predicted octanol–water partition coefficient (Wildman–Crippen LogP) is 4.12. The lowest BCUT2D eigenvalue weighted by molar-refractivity contribution is -0.121. The Balaban J connectivity index is 1.40. The van der Waals surface area contributed by atoms with Gasteiger partial charge >= 0.3 is 0 Å². The third-order valence-electron chi connectivity index (χ3n) is 5.54. The summed E-state index contributed by atoms with van der Waals surface area (Å²) in [7, 11) is 0. The molecule has 0 unspecified atom stereocenters. The molecule has 4 rings (SSSR count). The summed E-state index contributed by atoms with van der Waals surface area (Å²) in [5.41, 5.74) is 1.22. The number of amides is 1. The number of nitrogens with zero attached hydrogens (tertiary/aromatic N) is 3. The number of para-hydroxylation sites is 1. The van der Waals surface area contributed by atoms with Crippen molar-refractivity contribution in [1.29, 1.82) is 0 Å². The normalized spacial score (nSPS) is 14.2. The van der Waals surface area contributed by atoms with Crippen LogP contribution >= 0.6 is 23.4 Å². The van der Waals surface area contributed by atoms with Gasteiger partial charge in [-0.3, -0.25) is 14.2 Å². The van der Waals surface area contributed by atoms with Gasteiger partial charge in [-0.25, -0.2) is 4.98 Å². The maximum Gasteiger partial charge on any atom is 0.266 e. The Morgan fingerprint density at radius 1 is 1.12 bits per heavy atom. The summed E-state index contributed by atoms with van der Waals surface area (Å²) in [6.07, 6.45) is 3.68. The van der Waals surface area contributed by atoms with Crippen molar-refractivity contribution in [2.45, 2.75) is 30.8 Å². The van der Waals surface area contributed by atoms with Crippen molar-refractivity contribution in [2.24, 2.45) is 0 Å². The van der Waals surface area contributed by atoms with Crippen LogP contribution in [-0.2, 0) is 4.79 Å². The summed E-state index contributed by atoms with van der Waals surface area (Å²) < 4.78 is 1.61. The van der Waals surface area contributed by atoms with Crippen LogP contribution in [0, 0.1) is 0 Å². The third-order valence-corrected chi connectivity index (χ3v) is 6.80. The summed E-state index contributed by atoms with van der Waals surface area (Å²) in [5, 5.41) is 4.74. The zero-order valence-electron chi connectivity index (χ0n) is 17.9. The quantitative estimate of drug-likeness (QED) is 0.289. The summed E-state index contributed by atoms with van der Waals surface area (Å²) >= 11 is 7.66. The molecule has 0 saturated carbocycles. The van der Waals surface area contributed by atoms with Crippen LogP contribution in [0.2, 0.25) is 5.02 Å². The first-order chi connectivity index (χ1) is 15.6. The average molecular weight is 471 g/mol. The third kappa shape index (κ3) is 5.71. The monoisotopic (exact) mass is 470 g/mol. The van der Waals surface area contributed by atoms with Crippen LogP contribution in [0.1, 0.15) is 25.7 Å². The highest BCUT2D eigenvalue weighted by atomic mass is 35.5. The topological polar surface area (TPSA) is 67.2 Å². The Bertz CT molecular complexity index is 1140. The summed E-state index contributed by atoms with van der Waals surface area (Å²) in [4.78, 5) is 32.5. The molecule has 1 amide bonds. The van der Waals surface area contributed by atoms with Crippen LogP contribution in [0.15, 0.2) is 58.5 Å². The van der Waals surface area contributed by atoms with Crippen molar-refractivity contribution in [3.63, 3.8) is 0 Å². The molecule has 1 aromatic heterocycles. The number of fused-ring (bicyclic) bond motifs is 1. The molecule has 0 bridgehead atoms. The van der Waals surface area contributed by atoms with Gasteiger partial charge in [0.2, 0.25) is 5.91 Å². The Morgan fingerprint density at radius 3 is 2.75 bits per heavy atom. The molecule has 3 aromatic rings. The molecular formula is C24H27ClN4O2S. The minimum atomic E-state index is -0.125. The van der Waals surface area contributed by atoms with Crippen LogP contribution in [0.5, 0.6) is 0 Å². The van der Waals surface area contributed by atoms with Gasteiger partial charge in [0, 0.05) is 30.3 Å². The van der Waals surface area contributed by atoms with Crippen molar-refractivity contribution in [1.82, 2.24) is 19.8 Å². The van der Waals surface area contributed by atoms with E-state index in [-0.39, 0.29) is 11.5 Å². The first-order valence-corrected chi connectivity index (χ1v) is 12.4. The van der Waals surface area contributed by atoms with E-state index in [1.54, 1.807) is 22.8 Å². The molecule has 2 heterocycles. The van der Waals surface area contributed by atoms with E-state index in [0.29, 0.717) is 51.9 Å². The van der Waals surface area contributed by atoms with Gasteiger partial charge in [0.25, 0.3) is 5.56 Å². The summed E-state index contributed by atoms with van der Waals surface area (Å²) in [5.74, 6) is 0.758. The molecule has 6 nitrogen and oxygen atoms in total. The number of benzene rings is 2. The molecule has 0 spiro atoms. The number of carbonyl (C=O) groups excluding carboxylic acids is 1. The number of nitrogens with one attached hydrogen (secondary N) is 1. The maximum absolute atomic E-state index is 13.2. The fourth-order valence-corrected chi connectivity index (χ4v) is 5.03. The van der Waals surface area contributed by atoms with E-state index in [2.05, 4.69) is 10.2 Å². The maximum atomic E-state index is 13.2. The fourth-order valence-electron chi connectivity index (χ4n) is 3.90. The lowest BCUT2D eigenvalue weighted by Crippen LogP contribution is -2.33. The summed E-state index contributed by atoms with van der Waals surface area (Å²) in [6, 6.07) is 14.5. The van der Waals surface area contributed by atoms with Crippen molar-refractivity contribution in [2.75, 3.05) is 31.9 Å². The van der Waals surface area contributed by atoms with Crippen molar-refractivity contribution in [3.05, 3.63) is 63.9 Å². The van der Waals surface area contributed by atoms with Gasteiger partial charge < -0.3 is 10.2 Å². The number of rotatable bonds is 9. The molecule has 0 atom stereocenters. The van der Waals surface area contributed by atoms with Crippen LogP contribution in [0.25, 0.3) is 16.6 Å². The van der Waals surface area contributed by atoms with Gasteiger partial charge in [-0.15, -0.1) is 0 Å². The fraction of sp³-hybridized carbons (Fsp3) is 0.375. The Hall–Kier alpha value is -2.35. The van der Waals surface area contributed by atoms with E-state index in [4.69, 9.17) is 16.6 Å². The first kappa shape index (κ1) is 22.8. The molecule has 1 N–H and O–H groups in total. The van der Waals surface area contributed by atoms with Crippen molar-refractivity contribution in [3.8, 4) is 5.69 Å². The smallest absolute Gasteiger partial charge is 0.266 e. The number of hydrogen-bond acceptors (Lipinski definition) is 5. The lowest BCUT2D eigenvalue weighted by Gasteiger charge is -2.15. The number of carbonyl (C=O) groups is 1. The molecule has 1 aliphatic rings. The Morgan fingerprint density at radius 2 is 1.94 bits per heavy atom. The van der Waals surface area contributed by atoms with Crippen LogP contribution in [0.4, 0.5) is 0 Å². The number of hydrogen-bond donors (Lipinski definition) is 1. The average Bonchev–Trinajstić information content (AvgIpc) is 3.30. The van der Waals surface area contributed by atoms with Gasteiger partial charge in [0.15, 0.2) is 5.16 Å². The number of likely N-dealkylation sites (tertiary alicyclic amines) is 1. The van der Waals surface area contributed by atoms with Crippen LogP contribution in [0.3, 0.4) is 0 Å². The molecule has 1 aliphatic heterocycles. The van der Waals surface area contributed by atoms with Gasteiger partial charge in [0.05, 0.1) is 16.6 Å². The standard InChI is InChI=1S/C24H27ClN4O2S/c25-18-7-5-8-19(17-18)29-23(31)20-9-1-2-10-21(20)27-24(29)32-16-6-11-22(30)26-12-15-28-13-3-4-14-28/h1-2,5,7-10,17H,3-4,6,11-16H2,(H,26,30). The largest absolute Gasteiger partial charge is 0.355 e. The van der Waals surface area contributed by atoms with Crippen molar-refractivity contribution < 1.29 is 4.79 Å². The van der Waals surface area contributed by atoms with E-state index >= 15 is 0 Å². The highest BCUT2D eigenvalue weighted by molar-refractivity contribution is 7.99. The first-order valence-electron chi connectivity index (χ1n) is 11.0. The molecule has 32 heavy (non-hydrogen) atoms. The van der Waals surface area contributed by atoms with E-state index in [0.717, 1.165) is 19.6 Å². The Kier molecular flexibility index (Phi) is 7.84. The second-order valence-electron chi connectivity index (χ2n) is 7.88. The molecule has 168 valence electrons. The minimum absolute atomic E-state index is 0.0727. The zero-order chi connectivity index (χ0) is 22.3. The van der Waals surface area contributed by atoms with Crippen LogP contribution in [-0.4, -0.2) is 52.3 Å². The number of aromatic nitrogens is 2. The predicted molar refractivity (Wildman–Crippen MR) is 131 cm³/mol. The van der Waals surface area contributed by atoms with E-state index in [1.165, 1.54) is 24.6 Å². The molecule has 1 fully saturated rings. The molecule has 8 heteroatoms. The molecule has 0 aliphatic carbocycles. The minimum Gasteiger partial charge on any atom is -0.355 e. The van der Waals surface area contributed by atoms with Gasteiger partial charge in [-0.1, -0.05) is 41.6 Å². The lowest BCUT2D eigenvalue weighted by atomic mass is 10.2. The van der Waals surface area contributed by atoms with Crippen molar-refractivity contribution >= 4 is 40.2 Å². The van der Waals surface area contributed by atoms with Gasteiger partial charge in [-0.2, -0.15) is 0 Å². The second-order valence-corrected chi connectivity index (χ2v) is 9.38. The van der Waals surface area contributed by atoms with Crippen LogP contribution < -0.4 is 10.9 Å². The van der Waals surface area contributed by atoms with E-state index in [9.17, 15) is 9.59 Å². The van der Waals surface area contributed by atoms with Gasteiger partial charge in [0.1, 0.15) is 0 Å². The highest BCUT2D eigenvalue weighted by Crippen LogP contribution is 2.23. The van der Waals surface area contributed by atoms with Gasteiger partial charge in [-0.05, 0) is 62.7 Å². The van der Waals surface area contributed by atoms with E-state index in [1.807, 2.05) is 30.3 Å². The SMILES string of the molecule is O=C(CCCSc1nc2ccccc2c(=O)n1-c1cccc(Cl)c1)NCCN1CCCC1. The van der Waals surface area contributed by atoms with E-state index < -0.39 is 0 Å². The zero-order valence-corrected chi connectivity index (χ0v) is 19.5. The number of thioether (sulfide) groups is 1.